The second-order valence-electron chi connectivity index (χ2n) is 5.45. The van der Waals surface area contributed by atoms with Crippen LogP contribution in [-0.4, -0.2) is 50.0 Å². The Kier molecular flexibility index (Phi) is 6.12. The van der Waals surface area contributed by atoms with Gasteiger partial charge in [0.25, 0.3) is 5.88 Å². The Morgan fingerprint density at radius 2 is 1.79 bits per heavy atom. The number of ether oxygens (including phenoxy) is 2. The topological polar surface area (TPSA) is 78.4 Å². The molecule has 2 aromatic heterocycles. The molecule has 0 amide bonds. The maximum absolute atomic E-state index is 13.0. The van der Waals surface area contributed by atoms with E-state index in [4.69, 9.17) is 4.74 Å². The predicted molar refractivity (Wildman–Crippen MR) is 88.2 cm³/mol. The zero-order valence-electron chi connectivity index (χ0n) is 14.6. The Bertz CT molecular complexity index is 948. The van der Waals surface area contributed by atoms with Gasteiger partial charge in [-0.2, -0.15) is 22.0 Å². The minimum absolute atomic E-state index is 0.0133. The van der Waals surface area contributed by atoms with E-state index in [2.05, 4.69) is 14.7 Å². The Hall–Kier alpha value is -2.50. The highest BCUT2D eigenvalue weighted by Gasteiger charge is 2.58. The zero-order chi connectivity index (χ0) is 21.2. The fourth-order valence-electron chi connectivity index (χ4n) is 2.06. The summed E-state index contributed by atoms with van der Waals surface area (Å²) in [6.07, 6.45) is -4.45. The number of hydrogen-bond donors (Lipinski definition) is 0. The Morgan fingerprint density at radius 1 is 1.11 bits per heavy atom. The molecule has 0 bridgehead atoms. The fraction of sp³-hybridized carbons (Fsp3) is 0.375. The lowest BCUT2D eigenvalue weighted by molar-refractivity contribution is -0.290. The van der Waals surface area contributed by atoms with Crippen LogP contribution in [-0.2, 0) is 9.84 Å². The monoisotopic (exact) mass is 426 g/mol. The first-order chi connectivity index (χ1) is 12.9. The van der Waals surface area contributed by atoms with Gasteiger partial charge in [0, 0.05) is 6.20 Å². The van der Waals surface area contributed by atoms with Gasteiger partial charge in [0.05, 0.1) is 23.5 Å². The van der Waals surface area contributed by atoms with Crippen molar-refractivity contribution < 1.29 is 39.8 Å². The van der Waals surface area contributed by atoms with E-state index in [-0.39, 0.29) is 22.0 Å². The van der Waals surface area contributed by atoms with Gasteiger partial charge in [0.1, 0.15) is 5.69 Å². The van der Waals surface area contributed by atoms with E-state index in [0.29, 0.717) is 0 Å². The summed E-state index contributed by atoms with van der Waals surface area (Å²) < 4.78 is 96.6. The molecule has 2 heterocycles. The summed E-state index contributed by atoms with van der Waals surface area (Å²) in [7, 11) is -2.55. The average molecular weight is 426 g/mol. The molecule has 0 aliphatic heterocycles. The van der Waals surface area contributed by atoms with Crippen LogP contribution in [0.2, 0.25) is 0 Å². The summed E-state index contributed by atoms with van der Waals surface area (Å²) in [5.74, 6) is -6.14. The minimum Gasteiger partial charge on any atom is -0.481 e. The van der Waals surface area contributed by atoms with Crippen molar-refractivity contribution in [3.05, 3.63) is 30.5 Å². The number of halogens is 5. The first-order valence-electron chi connectivity index (χ1n) is 7.73. The summed E-state index contributed by atoms with van der Waals surface area (Å²) in [5.41, 5.74) is -0.00534. The second kappa shape index (κ2) is 7.86. The van der Waals surface area contributed by atoms with E-state index in [9.17, 15) is 30.4 Å². The number of aromatic nitrogens is 2. The number of hydrogen-bond acceptors (Lipinski definition) is 6. The first kappa shape index (κ1) is 21.8. The van der Waals surface area contributed by atoms with Gasteiger partial charge in [-0.25, -0.2) is 13.4 Å². The molecule has 0 N–H and O–H groups in total. The van der Waals surface area contributed by atoms with Crippen molar-refractivity contribution in [1.29, 1.82) is 0 Å². The molecule has 12 heteroatoms. The van der Waals surface area contributed by atoms with Crippen LogP contribution >= 0.6 is 0 Å². The van der Waals surface area contributed by atoms with Gasteiger partial charge in [-0.3, -0.25) is 4.98 Å². The molecular weight excluding hydrogens is 411 g/mol. The average Bonchev–Trinajstić information content (AvgIpc) is 2.65. The predicted octanol–water partition coefficient (Wildman–Crippen LogP) is 3.52. The summed E-state index contributed by atoms with van der Waals surface area (Å²) in [5, 5.41) is 0. The maximum Gasteiger partial charge on any atom is 0.456 e. The normalized spacial score (nSPS) is 12.7. The highest BCUT2D eigenvalue weighted by Crippen LogP contribution is 2.37. The number of sulfone groups is 1. The third-order valence-corrected chi connectivity index (χ3v) is 5.33. The third kappa shape index (κ3) is 4.49. The van der Waals surface area contributed by atoms with E-state index >= 15 is 0 Å². The SMILES string of the molecule is CCS(=O)(=O)c1cccnc1-c1ccc(OCC(F)(F)C(F)(F)F)c(OC)n1. The molecule has 0 radical (unpaired) electrons. The van der Waals surface area contributed by atoms with Crippen LogP contribution in [0.5, 0.6) is 11.6 Å². The van der Waals surface area contributed by atoms with E-state index < -0.39 is 40.2 Å². The van der Waals surface area contributed by atoms with Crippen LogP contribution in [0.1, 0.15) is 6.92 Å². The van der Waals surface area contributed by atoms with E-state index in [0.717, 1.165) is 13.2 Å². The Labute approximate surface area is 157 Å². The van der Waals surface area contributed by atoms with Crippen molar-refractivity contribution in [2.45, 2.75) is 23.9 Å². The molecule has 0 spiro atoms. The third-order valence-electron chi connectivity index (χ3n) is 3.57. The summed E-state index contributed by atoms with van der Waals surface area (Å²) in [6.45, 7) is -0.523. The lowest BCUT2D eigenvalue weighted by Crippen LogP contribution is -2.41. The van der Waals surface area contributed by atoms with E-state index in [1.165, 1.54) is 31.3 Å². The van der Waals surface area contributed by atoms with Crippen LogP contribution in [0, 0.1) is 0 Å². The highest BCUT2D eigenvalue weighted by atomic mass is 32.2. The molecule has 0 aliphatic rings. The smallest absolute Gasteiger partial charge is 0.456 e. The van der Waals surface area contributed by atoms with E-state index in [1.807, 2.05) is 0 Å². The molecule has 0 aliphatic carbocycles. The molecule has 2 rings (SSSR count). The summed E-state index contributed by atoms with van der Waals surface area (Å²) >= 11 is 0. The van der Waals surface area contributed by atoms with Crippen molar-refractivity contribution in [3.8, 4) is 23.0 Å². The van der Waals surface area contributed by atoms with E-state index in [1.54, 1.807) is 0 Å². The van der Waals surface area contributed by atoms with Crippen molar-refractivity contribution in [2.75, 3.05) is 19.5 Å². The quantitative estimate of drug-likeness (QED) is 0.631. The molecule has 0 atom stereocenters. The van der Waals surface area contributed by atoms with Gasteiger partial charge in [-0.05, 0) is 24.3 Å². The first-order valence-corrected chi connectivity index (χ1v) is 9.38. The van der Waals surface area contributed by atoms with Gasteiger partial charge in [-0.1, -0.05) is 6.92 Å². The molecular formula is C16H15F5N2O4S. The Balaban J connectivity index is 2.40. The fourth-order valence-corrected chi connectivity index (χ4v) is 3.10. The van der Waals surface area contributed by atoms with Gasteiger partial charge in [0.2, 0.25) is 0 Å². The van der Waals surface area contributed by atoms with Gasteiger partial charge >= 0.3 is 12.1 Å². The number of nitrogens with zero attached hydrogens (tertiary/aromatic N) is 2. The minimum atomic E-state index is -5.77. The zero-order valence-corrected chi connectivity index (χ0v) is 15.4. The molecule has 2 aromatic rings. The molecule has 0 aromatic carbocycles. The van der Waals surface area contributed by atoms with Crippen molar-refractivity contribution in [3.63, 3.8) is 0 Å². The molecule has 0 fully saturated rings. The van der Waals surface area contributed by atoms with Crippen molar-refractivity contribution >= 4 is 9.84 Å². The standard InChI is InChI=1S/C16H15F5N2O4S/c1-3-28(24,25)12-5-4-8-22-13(12)10-6-7-11(14(23-10)26-2)27-9-15(17,18)16(19,20)21/h4-8H,3,9H2,1-2H3. The lowest BCUT2D eigenvalue weighted by Gasteiger charge is -2.20. The highest BCUT2D eigenvalue weighted by molar-refractivity contribution is 7.91. The largest absolute Gasteiger partial charge is 0.481 e. The van der Waals surface area contributed by atoms with Crippen molar-refractivity contribution in [1.82, 2.24) is 9.97 Å². The van der Waals surface area contributed by atoms with Crippen LogP contribution in [0.25, 0.3) is 11.4 Å². The van der Waals surface area contributed by atoms with Gasteiger partial charge in [0.15, 0.2) is 22.2 Å². The molecule has 0 saturated carbocycles. The number of alkyl halides is 5. The molecule has 0 saturated heterocycles. The second-order valence-corrected chi connectivity index (χ2v) is 7.70. The lowest BCUT2D eigenvalue weighted by atomic mass is 10.2. The molecule has 6 nitrogen and oxygen atoms in total. The van der Waals surface area contributed by atoms with Gasteiger partial charge in [-0.15, -0.1) is 0 Å². The summed E-state index contributed by atoms with van der Waals surface area (Å²) in [4.78, 5) is 7.80. The van der Waals surface area contributed by atoms with Crippen LogP contribution in [0.4, 0.5) is 22.0 Å². The molecule has 28 heavy (non-hydrogen) atoms. The molecule has 154 valence electrons. The van der Waals surface area contributed by atoms with Crippen LogP contribution in [0.3, 0.4) is 0 Å². The Morgan fingerprint density at radius 3 is 2.36 bits per heavy atom. The van der Waals surface area contributed by atoms with Crippen molar-refractivity contribution in [2.24, 2.45) is 0 Å². The maximum atomic E-state index is 13.0. The van der Waals surface area contributed by atoms with Crippen LogP contribution in [0.15, 0.2) is 35.4 Å². The number of methoxy groups -OCH3 is 1. The number of rotatable bonds is 7. The van der Waals surface area contributed by atoms with Crippen LogP contribution < -0.4 is 9.47 Å². The number of pyridine rings is 2. The van der Waals surface area contributed by atoms with Gasteiger partial charge < -0.3 is 9.47 Å². The molecule has 0 unspecified atom stereocenters. The summed E-state index contributed by atoms with van der Waals surface area (Å²) in [6, 6.07) is 4.97.